The predicted molar refractivity (Wildman–Crippen MR) is 103 cm³/mol. The molecule has 0 amide bonds. The summed E-state index contributed by atoms with van der Waals surface area (Å²) in [6, 6.07) is 18.4. The van der Waals surface area contributed by atoms with Crippen LogP contribution in [0.25, 0.3) is 15.3 Å². The zero-order chi connectivity index (χ0) is 17.7. The normalized spacial score (nSPS) is 16.8. The van der Waals surface area contributed by atoms with E-state index < -0.39 is 0 Å². The Morgan fingerprint density at radius 1 is 1.04 bits per heavy atom. The molecule has 1 atom stereocenters. The van der Waals surface area contributed by atoms with Crippen molar-refractivity contribution in [1.82, 2.24) is 14.8 Å². The van der Waals surface area contributed by atoms with E-state index >= 15 is 0 Å². The Kier molecular flexibility index (Phi) is 3.50. The van der Waals surface area contributed by atoms with Gasteiger partial charge in [0.25, 0.3) is 0 Å². The fourth-order valence-electron chi connectivity index (χ4n) is 3.83. The highest BCUT2D eigenvalue weighted by molar-refractivity contribution is 7.20. The maximum Gasteiger partial charge on any atom is 0.211 e. The highest BCUT2D eigenvalue weighted by Gasteiger charge is 2.32. The molecule has 1 aliphatic rings. The monoisotopic (exact) mass is 359 g/mol. The average Bonchev–Trinajstić information content (AvgIpc) is 3.23. The van der Waals surface area contributed by atoms with Gasteiger partial charge in [-0.1, -0.05) is 53.8 Å². The number of rotatable bonds is 2. The number of Topliss-reactive ketones (excluding diaryl/α,β-unsaturated/α-hetero) is 1. The minimum absolute atomic E-state index is 0.185. The van der Waals surface area contributed by atoms with Crippen molar-refractivity contribution in [3.05, 3.63) is 77.1 Å². The van der Waals surface area contributed by atoms with E-state index in [4.69, 9.17) is 4.98 Å². The maximum absolute atomic E-state index is 12.8. The summed E-state index contributed by atoms with van der Waals surface area (Å²) in [5, 5.41) is 5.51. The van der Waals surface area contributed by atoms with Gasteiger partial charge < -0.3 is 0 Å². The first-order valence-electron chi connectivity index (χ1n) is 8.73. The van der Waals surface area contributed by atoms with Crippen LogP contribution in [0.5, 0.6) is 0 Å². The number of carbonyl (C=O) groups excluding carboxylic acids is 1. The smallest absolute Gasteiger partial charge is 0.211 e. The van der Waals surface area contributed by atoms with E-state index in [1.807, 2.05) is 48.0 Å². The van der Waals surface area contributed by atoms with E-state index in [9.17, 15) is 4.79 Å². The van der Waals surface area contributed by atoms with Gasteiger partial charge >= 0.3 is 0 Å². The molecule has 5 heteroatoms. The lowest BCUT2D eigenvalue weighted by atomic mass is 9.82. The molecule has 0 spiro atoms. The summed E-state index contributed by atoms with van der Waals surface area (Å²) >= 11 is 1.61. The molecule has 26 heavy (non-hydrogen) atoms. The third kappa shape index (κ3) is 2.39. The van der Waals surface area contributed by atoms with Gasteiger partial charge in [0, 0.05) is 6.42 Å². The molecule has 2 aromatic heterocycles. The Morgan fingerprint density at radius 2 is 1.81 bits per heavy atom. The molecule has 0 saturated carbocycles. The Labute approximate surface area is 155 Å². The van der Waals surface area contributed by atoms with Gasteiger partial charge in [0.2, 0.25) is 5.13 Å². The molecule has 1 aliphatic carbocycles. The van der Waals surface area contributed by atoms with E-state index in [0.717, 1.165) is 38.7 Å². The van der Waals surface area contributed by atoms with Crippen molar-refractivity contribution in [3.8, 4) is 5.13 Å². The highest BCUT2D eigenvalue weighted by atomic mass is 32.1. The number of carbonyl (C=O) groups is 1. The second-order valence-electron chi connectivity index (χ2n) is 6.72. The maximum atomic E-state index is 12.8. The Hall–Kier alpha value is -2.79. The molecule has 2 heterocycles. The number of para-hydroxylation sites is 1. The van der Waals surface area contributed by atoms with Crippen LogP contribution in [0.4, 0.5) is 0 Å². The molecule has 0 saturated heterocycles. The topological polar surface area (TPSA) is 47.8 Å². The Bertz CT molecular complexity index is 1090. The quantitative estimate of drug-likeness (QED) is 0.521. The molecule has 4 aromatic rings. The number of aromatic nitrogens is 3. The number of ketones is 1. The second-order valence-corrected chi connectivity index (χ2v) is 7.73. The van der Waals surface area contributed by atoms with Crippen LogP contribution in [0, 0.1) is 6.92 Å². The van der Waals surface area contributed by atoms with Crippen LogP contribution in [-0.4, -0.2) is 20.5 Å². The fraction of sp³-hybridized carbons (Fsp3) is 0.190. The van der Waals surface area contributed by atoms with Crippen molar-refractivity contribution in [1.29, 1.82) is 0 Å². The summed E-state index contributed by atoms with van der Waals surface area (Å²) in [6.45, 7) is 1.92. The van der Waals surface area contributed by atoms with Crippen LogP contribution in [0.3, 0.4) is 0 Å². The van der Waals surface area contributed by atoms with Gasteiger partial charge in [-0.25, -0.2) is 9.67 Å². The van der Waals surface area contributed by atoms with E-state index in [1.165, 1.54) is 5.56 Å². The minimum atomic E-state index is 0.185. The van der Waals surface area contributed by atoms with Crippen molar-refractivity contribution >= 4 is 27.3 Å². The molecule has 4 nitrogen and oxygen atoms in total. The first-order chi connectivity index (χ1) is 12.7. The van der Waals surface area contributed by atoms with Crippen molar-refractivity contribution in [2.45, 2.75) is 25.7 Å². The first-order valence-corrected chi connectivity index (χ1v) is 9.55. The first kappa shape index (κ1) is 15.5. The Balaban J connectivity index is 1.64. The molecule has 2 aromatic carbocycles. The van der Waals surface area contributed by atoms with E-state index in [-0.39, 0.29) is 11.7 Å². The summed E-state index contributed by atoms with van der Waals surface area (Å²) in [5.41, 5.74) is 4.76. The molecule has 0 bridgehead atoms. The largest absolute Gasteiger partial charge is 0.294 e. The van der Waals surface area contributed by atoms with E-state index in [0.29, 0.717) is 6.42 Å². The van der Waals surface area contributed by atoms with E-state index in [2.05, 4.69) is 23.3 Å². The van der Waals surface area contributed by atoms with Gasteiger partial charge in [0.15, 0.2) is 5.78 Å². The third-order valence-corrected chi connectivity index (χ3v) is 6.05. The molecule has 0 aliphatic heterocycles. The van der Waals surface area contributed by atoms with Crippen LogP contribution >= 0.6 is 11.3 Å². The van der Waals surface area contributed by atoms with Gasteiger partial charge in [-0.05, 0) is 37.0 Å². The van der Waals surface area contributed by atoms with Crippen LogP contribution in [-0.2, 0) is 6.42 Å². The summed E-state index contributed by atoms with van der Waals surface area (Å²) in [6.07, 6.45) is 1.35. The standard InChI is InChI=1S/C21H17N3OS/c1-13-20-17(11-15(12-18(20)25)14-7-3-2-4-8-14)24(23-13)21-22-16-9-5-6-10-19(16)26-21/h2-10,15H,11-12H2,1H3/t15-/m1/s1. The lowest BCUT2D eigenvalue weighted by molar-refractivity contribution is 0.0963. The summed E-state index contributed by atoms with van der Waals surface area (Å²) in [7, 11) is 0. The van der Waals surface area contributed by atoms with Gasteiger partial charge in [-0.2, -0.15) is 5.10 Å². The van der Waals surface area contributed by atoms with Gasteiger partial charge in [-0.15, -0.1) is 0 Å². The molecule has 5 rings (SSSR count). The average molecular weight is 359 g/mol. The van der Waals surface area contributed by atoms with E-state index in [1.54, 1.807) is 11.3 Å². The van der Waals surface area contributed by atoms with Crippen molar-refractivity contribution in [3.63, 3.8) is 0 Å². The number of hydrogen-bond donors (Lipinski definition) is 0. The van der Waals surface area contributed by atoms with Gasteiger partial charge in [0.05, 0.1) is 27.2 Å². The molecular weight excluding hydrogens is 342 g/mol. The lowest BCUT2D eigenvalue weighted by Gasteiger charge is -2.22. The number of thiazole rings is 1. The number of benzene rings is 2. The second kappa shape index (κ2) is 5.88. The summed E-state index contributed by atoms with van der Waals surface area (Å²) < 4.78 is 3.02. The SMILES string of the molecule is Cc1nn(-c2nc3ccccc3s2)c2c1C(=O)C[C@H](c1ccccc1)C2. The Morgan fingerprint density at radius 3 is 2.62 bits per heavy atom. The van der Waals surface area contributed by atoms with Crippen molar-refractivity contribution < 1.29 is 4.79 Å². The number of nitrogens with zero attached hydrogens (tertiary/aromatic N) is 3. The zero-order valence-corrected chi connectivity index (χ0v) is 15.2. The number of fused-ring (bicyclic) bond motifs is 2. The van der Waals surface area contributed by atoms with Crippen LogP contribution in [0.2, 0.25) is 0 Å². The van der Waals surface area contributed by atoms with Crippen molar-refractivity contribution in [2.75, 3.05) is 0 Å². The van der Waals surface area contributed by atoms with Crippen LogP contribution in [0.15, 0.2) is 54.6 Å². The minimum Gasteiger partial charge on any atom is -0.294 e. The zero-order valence-electron chi connectivity index (χ0n) is 14.3. The summed E-state index contributed by atoms with van der Waals surface area (Å²) in [4.78, 5) is 17.6. The summed E-state index contributed by atoms with van der Waals surface area (Å²) in [5.74, 6) is 0.380. The third-order valence-electron chi connectivity index (χ3n) is 5.04. The molecule has 0 fully saturated rings. The van der Waals surface area contributed by atoms with Crippen LogP contribution < -0.4 is 0 Å². The molecule has 0 N–H and O–H groups in total. The number of hydrogen-bond acceptors (Lipinski definition) is 4. The fourth-order valence-corrected chi connectivity index (χ4v) is 4.77. The molecular formula is C21H17N3OS. The number of aryl methyl sites for hydroxylation is 1. The van der Waals surface area contributed by atoms with Crippen LogP contribution in [0.1, 0.15) is 39.6 Å². The predicted octanol–water partition coefficient (Wildman–Crippen LogP) is 4.70. The molecule has 128 valence electrons. The highest BCUT2D eigenvalue weighted by Crippen LogP contribution is 2.36. The van der Waals surface area contributed by atoms with Gasteiger partial charge in [0.1, 0.15) is 0 Å². The molecule has 0 radical (unpaired) electrons. The molecule has 0 unspecified atom stereocenters. The van der Waals surface area contributed by atoms with Crippen molar-refractivity contribution in [2.24, 2.45) is 0 Å². The van der Waals surface area contributed by atoms with Gasteiger partial charge in [-0.3, -0.25) is 4.79 Å². The lowest BCUT2D eigenvalue weighted by Crippen LogP contribution is -2.20.